The van der Waals surface area contributed by atoms with Crippen molar-refractivity contribution in [2.75, 3.05) is 12.4 Å². The summed E-state index contributed by atoms with van der Waals surface area (Å²) in [5.74, 6) is 0.696. The minimum absolute atomic E-state index is 0.00174. The van der Waals surface area contributed by atoms with Crippen LogP contribution in [0.1, 0.15) is 40.7 Å². The number of rotatable bonds is 7. The monoisotopic (exact) mass is 391 g/mol. The van der Waals surface area contributed by atoms with E-state index in [2.05, 4.69) is 10.4 Å². The maximum Gasteiger partial charge on any atom is 0.224 e. The van der Waals surface area contributed by atoms with E-state index >= 15 is 0 Å². The number of carbonyl (C=O) groups is 2. The maximum atomic E-state index is 12.4. The lowest BCUT2D eigenvalue weighted by Gasteiger charge is -2.08. The molecule has 29 heavy (non-hydrogen) atoms. The number of amides is 1. The van der Waals surface area contributed by atoms with E-state index in [0.717, 1.165) is 28.4 Å². The summed E-state index contributed by atoms with van der Waals surface area (Å²) in [6, 6.07) is 14.6. The summed E-state index contributed by atoms with van der Waals surface area (Å²) in [6.07, 6.45) is 0.943. The molecule has 3 rings (SSSR count). The molecule has 0 aliphatic heterocycles. The molecule has 0 spiro atoms. The Hall–Kier alpha value is -3.41. The van der Waals surface area contributed by atoms with Gasteiger partial charge in [0.05, 0.1) is 18.5 Å². The zero-order valence-electron chi connectivity index (χ0n) is 17.2. The number of ether oxygens (including phenoxy) is 1. The lowest BCUT2D eigenvalue weighted by molar-refractivity contribution is -0.116. The van der Waals surface area contributed by atoms with Gasteiger partial charge in [-0.25, -0.2) is 4.68 Å². The second-order valence-electron chi connectivity index (χ2n) is 6.94. The van der Waals surface area contributed by atoms with Crippen molar-refractivity contribution in [1.82, 2.24) is 9.78 Å². The van der Waals surface area contributed by atoms with Crippen LogP contribution in [0.3, 0.4) is 0 Å². The quantitative estimate of drug-likeness (QED) is 0.611. The van der Waals surface area contributed by atoms with Gasteiger partial charge in [0.15, 0.2) is 5.78 Å². The minimum atomic E-state index is -0.0755. The van der Waals surface area contributed by atoms with E-state index in [1.807, 2.05) is 42.8 Å². The molecule has 6 nitrogen and oxygen atoms in total. The Morgan fingerprint density at radius 1 is 1.10 bits per heavy atom. The van der Waals surface area contributed by atoms with Crippen LogP contribution in [0.2, 0.25) is 0 Å². The molecule has 0 bridgehead atoms. The van der Waals surface area contributed by atoms with Crippen LogP contribution in [0.4, 0.5) is 5.69 Å². The van der Waals surface area contributed by atoms with Gasteiger partial charge in [-0.3, -0.25) is 9.59 Å². The van der Waals surface area contributed by atoms with Gasteiger partial charge >= 0.3 is 0 Å². The molecule has 1 amide bonds. The van der Waals surface area contributed by atoms with Gasteiger partial charge in [-0.1, -0.05) is 6.07 Å². The number of methoxy groups -OCH3 is 1. The Labute approximate surface area is 170 Å². The number of benzene rings is 2. The lowest BCUT2D eigenvalue weighted by atomic mass is 10.1. The first-order chi connectivity index (χ1) is 13.9. The Bertz CT molecular complexity index is 1040. The first-order valence-corrected chi connectivity index (χ1v) is 9.49. The van der Waals surface area contributed by atoms with E-state index < -0.39 is 0 Å². The number of carbonyl (C=O) groups excluding carboxylic acids is 2. The second kappa shape index (κ2) is 8.73. The largest absolute Gasteiger partial charge is 0.497 e. The normalized spacial score (nSPS) is 10.6. The summed E-state index contributed by atoms with van der Waals surface area (Å²) in [4.78, 5) is 23.7. The predicted octanol–water partition coefficient (Wildman–Crippen LogP) is 4.27. The SMILES string of the molecule is COc1cccc(-n2nc(C)c(CCC(=O)Nc3ccc(C(C)=O)cc3)c2C)c1. The highest BCUT2D eigenvalue weighted by Crippen LogP contribution is 2.22. The molecular weight excluding hydrogens is 366 g/mol. The van der Waals surface area contributed by atoms with Crippen LogP contribution < -0.4 is 10.1 Å². The standard InChI is InChI=1S/C23H25N3O3/c1-15-22(16(2)26(25-15)20-6-5-7-21(14-20)29-4)12-13-23(28)24-19-10-8-18(9-11-19)17(3)27/h5-11,14H,12-13H2,1-4H3,(H,24,28). The van der Waals surface area contributed by atoms with E-state index in [1.54, 1.807) is 31.4 Å². The summed E-state index contributed by atoms with van der Waals surface area (Å²) >= 11 is 0. The smallest absolute Gasteiger partial charge is 0.224 e. The molecule has 1 N–H and O–H groups in total. The maximum absolute atomic E-state index is 12.4. The average Bonchev–Trinajstić information content (AvgIpc) is 3.00. The average molecular weight is 391 g/mol. The van der Waals surface area contributed by atoms with Crippen LogP contribution in [-0.4, -0.2) is 28.6 Å². The van der Waals surface area contributed by atoms with Crippen molar-refractivity contribution in [3.05, 3.63) is 71.0 Å². The molecular formula is C23H25N3O3. The highest BCUT2D eigenvalue weighted by Gasteiger charge is 2.15. The Morgan fingerprint density at radius 3 is 2.48 bits per heavy atom. The molecule has 0 aliphatic rings. The molecule has 0 fully saturated rings. The van der Waals surface area contributed by atoms with Gasteiger partial charge in [0.25, 0.3) is 0 Å². The van der Waals surface area contributed by atoms with Gasteiger partial charge in [-0.05, 0) is 69.2 Å². The van der Waals surface area contributed by atoms with Gasteiger partial charge in [-0.15, -0.1) is 0 Å². The third-order valence-corrected chi connectivity index (χ3v) is 4.92. The Morgan fingerprint density at radius 2 is 1.83 bits per heavy atom. The van der Waals surface area contributed by atoms with E-state index in [0.29, 0.717) is 24.1 Å². The van der Waals surface area contributed by atoms with Crippen molar-refractivity contribution < 1.29 is 14.3 Å². The highest BCUT2D eigenvalue weighted by atomic mass is 16.5. The Kier molecular flexibility index (Phi) is 6.12. The van der Waals surface area contributed by atoms with Gasteiger partial charge < -0.3 is 10.1 Å². The summed E-state index contributed by atoms with van der Waals surface area (Å²) in [5, 5.41) is 7.52. The summed E-state index contributed by atoms with van der Waals surface area (Å²) < 4.78 is 7.18. The molecule has 1 heterocycles. The fourth-order valence-corrected chi connectivity index (χ4v) is 3.28. The van der Waals surface area contributed by atoms with E-state index in [4.69, 9.17) is 4.74 Å². The first-order valence-electron chi connectivity index (χ1n) is 9.49. The molecule has 150 valence electrons. The fraction of sp³-hybridized carbons (Fsp3) is 0.261. The fourth-order valence-electron chi connectivity index (χ4n) is 3.28. The van der Waals surface area contributed by atoms with Crippen LogP contribution in [0.25, 0.3) is 5.69 Å². The van der Waals surface area contributed by atoms with Crippen molar-refractivity contribution >= 4 is 17.4 Å². The third kappa shape index (κ3) is 4.71. The number of aromatic nitrogens is 2. The predicted molar refractivity (Wildman–Crippen MR) is 113 cm³/mol. The van der Waals surface area contributed by atoms with Crippen molar-refractivity contribution in [1.29, 1.82) is 0 Å². The number of nitrogens with zero attached hydrogens (tertiary/aromatic N) is 2. The zero-order chi connectivity index (χ0) is 21.0. The molecule has 0 atom stereocenters. The lowest BCUT2D eigenvalue weighted by Crippen LogP contribution is -2.13. The summed E-state index contributed by atoms with van der Waals surface area (Å²) in [6.45, 7) is 5.48. The molecule has 0 radical (unpaired) electrons. The van der Waals surface area contributed by atoms with Crippen molar-refractivity contribution in [3.63, 3.8) is 0 Å². The topological polar surface area (TPSA) is 73.2 Å². The third-order valence-electron chi connectivity index (χ3n) is 4.92. The number of anilines is 1. The van der Waals surface area contributed by atoms with Gasteiger partial charge in [0.1, 0.15) is 5.75 Å². The van der Waals surface area contributed by atoms with Crippen LogP contribution >= 0.6 is 0 Å². The molecule has 0 saturated heterocycles. The summed E-state index contributed by atoms with van der Waals surface area (Å²) in [7, 11) is 1.64. The molecule has 0 unspecified atom stereocenters. The molecule has 0 saturated carbocycles. The number of Topliss-reactive ketones (excluding diaryl/α,β-unsaturated/α-hetero) is 1. The molecule has 3 aromatic rings. The molecule has 2 aromatic carbocycles. The van der Waals surface area contributed by atoms with Crippen molar-refractivity contribution in [2.45, 2.75) is 33.6 Å². The number of ketones is 1. The van der Waals surface area contributed by atoms with E-state index in [-0.39, 0.29) is 11.7 Å². The van der Waals surface area contributed by atoms with Crippen LogP contribution in [0.15, 0.2) is 48.5 Å². The Balaban J connectivity index is 1.68. The molecule has 0 aliphatic carbocycles. The van der Waals surface area contributed by atoms with Gasteiger partial charge in [-0.2, -0.15) is 5.10 Å². The summed E-state index contributed by atoms with van der Waals surface area (Å²) in [5.41, 5.74) is 5.21. The number of aryl methyl sites for hydroxylation is 1. The van der Waals surface area contributed by atoms with Crippen LogP contribution in [-0.2, 0) is 11.2 Å². The number of nitrogens with one attached hydrogen (secondary N) is 1. The van der Waals surface area contributed by atoms with Crippen LogP contribution in [0, 0.1) is 13.8 Å². The van der Waals surface area contributed by atoms with Gasteiger partial charge in [0.2, 0.25) is 5.91 Å². The molecule has 6 heteroatoms. The number of hydrogen-bond acceptors (Lipinski definition) is 4. The number of hydrogen-bond donors (Lipinski definition) is 1. The van der Waals surface area contributed by atoms with Crippen molar-refractivity contribution in [2.24, 2.45) is 0 Å². The van der Waals surface area contributed by atoms with Crippen molar-refractivity contribution in [3.8, 4) is 11.4 Å². The van der Waals surface area contributed by atoms with E-state index in [9.17, 15) is 9.59 Å². The molecule has 1 aromatic heterocycles. The zero-order valence-corrected chi connectivity index (χ0v) is 17.2. The first kappa shape index (κ1) is 20.3. The highest BCUT2D eigenvalue weighted by molar-refractivity contribution is 5.95. The van der Waals surface area contributed by atoms with Crippen LogP contribution in [0.5, 0.6) is 5.75 Å². The minimum Gasteiger partial charge on any atom is -0.497 e. The second-order valence-corrected chi connectivity index (χ2v) is 6.94. The van der Waals surface area contributed by atoms with E-state index in [1.165, 1.54) is 6.92 Å². The van der Waals surface area contributed by atoms with Gasteiger partial charge in [0, 0.05) is 29.4 Å².